The number of aromatic nitrogens is 3. The average molecular weight is 500 g/mol. The smallest absolute Gasteiger partial charge is 0.380 e. The van der Waals surface area contributed by atoms with Crippen LogP contribution in [0.3, 0.4) is 0 Å². The summed E-state index contributed by atoms with van der Waals surface area (Å²) >= 11 is 0. The molecule has 0 saturated carbocycles. The van der Waals surface area contributed by atoms with Crippen LogP contribution in [-0.4, -0.2) is 58.5 Å². The van der Waals surface area contributed by atoms with Crippen molar-refractivity contribution in [2.45, 2.75) is 39.8 Å². The minimum atomic E-state index is -4.53. The van der Waals surface area contributed by atoms with E-state index in [-0.39, 0.29) is 18.0 Å². The van der Waals surface area contributed by atoms with Crippen LogP contribution in [0.15, 0.2) is 41.8 Å². The number of fused-ring (bicyclic) bond motifs is 1. The third-order valence-electron chi connectivity index (χ3n) is 5.92. The van der Waals surface area contributed by atoms with Crippen molar-refractivity contribution in [2.75, 3.05) is 26.3 Å². The fourth-order valence-corrected chi connectivity index (χ4v) is 4.45. The largest absolute Gasteiger partial charge is 0.433 e. The molecule has 4 rings (SSSR count). The van der Waals surface area contributed by atoms with Crippen LogP contribution >= 0.6 is 0 Å². The Labute approximate surface area is 207 Å². The summed E-state index contributed by atoms with van der Waals surface area (Å²) in [6.45, 7) is 7.34. The number of benzene rings is 1. The zero-order valence-electron chi connectivity index (χ0n) is 20.4. The van der Waals surface area contributed by atoms with Crippen LogP contribution < -0.4 is 5.32 Å². The molecule has 0 saturated heterocycles. The van der Waals surface area contributed by atoms with E-state index in [1.54, 1.807) is 16.8 Å². The third kappa shape index (κ3) is 5.33. The Morgan fingerprint density at radius 3 is 2.61 bits per heavy atom. The van der Waals surface area contributed by atoms with Gasteiger partial charge in [-0.05, 0) is 37.0 Å². The number of rotatable bonds is 9. The lowest BCUT2D eigenvalue weighted by Crippen LogP contribution is -2.28. The Balaban J connectivity index is 1.55. The minimum Gasteiger partial charge on any atom is -0.380 e. The van der Waals surface area contributed by atoms with Crippen molar-refractivity contribution >= 4 is 22.8 Å². The highest BCUT2D eigenvalue weighted by Crippen LogP contribution is 2.32. The molecule has 0 atom stereocenters. The van der Waals surface area contributed by atoms with Crippen molar-refractivity contribution in [2.24, 2.45) is 4.99 Å². The van der Waals surface area contributed by atoms with Gasteiger partial charge in [0.2, 0.25) is 0 Å². The molecule has 2 aromatic heterocycles. The summed E-state index contributed by atoms with van der Waals surface area (Å²) < 4.78 is 47.2. The van der Waals surface area contributed by atoms with Gasteiger partial charge < -0.3 is 10.1 Å². The van der Waals surface area contributed by atoms with Crippen LogP contribution in [-0.2, 0) is 11.2 Å². The average Bonchev–Trinajstić information content (AvgIpc) is 3.46. The number of imidazole rings is 1. The number of halogens is 3. The van der Waals surface area contributed by atoms with E-state index >= 15 is 0 Å². The maximum absolute atomic E-state index is 13.4. The molecule has 0 spiro atoms. The van der Waals surface area contributed by atoms with E-state index in [2.05, 4.69) is 20.3 Å². The Hall–Kier alpha value is -3.53. The van der Waals surface area contributed by atoms with E-state index in [1.165, 1.54) is 12.3 Å². The molecule has 1 aliphatic heterocycles. The monoisotopic (exact) mass is 499 g/mol. The van der Waals surface area contributed by atoms with Crippen LogP contribution in [0.5, 0.6) is 0 Å². The van der Waals surface area contributed by atoms with Crippen LogP contribution in [0.4, 0.5) is 13.2 Å². The first kappa shape index (κ1) is 25.6. The number of hydrogen-bond donors (Lipinski definition) is 1. The fraction of sp³-hybridized carbons (Fsp3) is 0.385. The summed E-state index contributed by atoms with van der Waals surface area (Å²) in [7, 11) is 0. The first-order chi connectivity index (χ1) is 17.2. The zero-order chi connectivity index (χ0) is 25.9. The van der Waals surface area contributed by atoms with Gasteiger partial charge in [0.25, 0.3) is 5.91 Å². The molecule has 0 bridgehead atoms. The standard InChI is InChI=1S/C26H28F3N5O2/c1-4-10-36-11-8-32-25(35)22-16(2)12-18(13-17(22)3)14-20-24-33-15-21(34(24)9-7-30-20)19-5-6-31-23(19)26(27,28)29/h5,7,9,12-13,15H,4,6,8,10-11,14H2,1-3H3,(H,32,35). The van der Waals surface area contributed by atoms with Crippen molar-refractivity contribution in [3.8, 4) is 0 Å². The fourth-order valence-electron chi connectivity index (χ4n) is 4.45. The molecule has 1 amide bonds. The lowest BCUT2D eigenvalue weighted by Gasteiger charge is -2.14. The van der Waals surface area contributed by atoms with E-state index in [1.807, 2.05) is 32.9 Å². The molecule has 0 unspecified atom stereocenters. The van der Waals surface area contributed by atoms with Gasteiger partial charge in [0.15, 0.2) is 5.65 Å². The lowest BCUT2D eigenvalue weighted by molar-refractivity contribution is -0.0571. The molecule has 10 heteroatoms. The second kappa shape index (κ2) is 10.6. The predicted octanol–water partition coefficient (Wildman–Crippen LogP) is 4.49. The minimum absolute atomic E-state index is 0.0143. The van der Waals surface area contributed by atoms with Gasteiger partial charge in [-0.2, -0.15) is 13.2 Å². The molecule has 1 N–H and O–H groups in total. The summed E-state index contributed by atoms with van der Waals surface area (Å²) in [6, 6.07) is 3.86. The van der Waals surface area contributed by atoms with E-state index in [9.17, 15) is 18.0 Å². The number of allylic oxidation sites excluding steroid dienone is 1. The van der Waals surface area contributed by atoms with Crippen molar-refractivity contribution in [3.05, 3.63) is 70.4 Å². The third-order valence-corrected chi connectivity index (χ3v) is 5.92. The normalized spacial score (nSPS) is 13.7. The SMILES string of the molecule is CCCOCCNC(=O)c1c(C)cc(Cc2nccn3c(C4=CCN=C4C(F)(F)F)cnc23)cc1C. The number of ether oxygens (including phenoxy) is 1. The number of nitrogens with one attached hydrogen (secondary N) is 1. The summed E-state index contributed by atoms with van der Waals surface area (Å²) in [6.07, 6.45) is 2.84. The van der Waals surface area contributed by atoms with E-state index in [4.69, 9.17) is 4.74 Å². The molecular weight excluding hydrogens is 471 g/mol. The van der Waals surface area contributed by atoms with Gasteiger partial charge in [-0.25, -0.2) is 4.98 Å². The number of amides is 1. The first-order valence-electron chi connectivity index (χ1n) is 11.8. The van der Waals surface area contributed by atoms with Crippen molar-refractivity contribution in [1.29, 1.82) is 0 Å². The predicted molar refractivity (Wildman–Crippen MR) is 131 cm³/mol. The van der Waals surface area contributed by atoms with Gasteiger partial charge in [-0.15, -0.1) is 0 Å². The number of carbonyl (C=O) groups is 1. The number of carbonyl (C=O) groups excluding carboxylic acids is 1. The van der Waals surface area contributed by atoms with Gasteiger partial charge in [-0.3, -0.25) is 19.2 Å². The van der Waals surface area contributed by atoms with Gasteiger partial charge in [0.05, 0.1) is 30.7 Å². The van der Waals surface area contributed by atoms with Gasteiger partial charge in [-0.1, -0.05) is 25.1 Å². The molecule has 36 heavy (non-hydrogen) atoms. The molecule has 190 valence electrons. The molecule has 7 nitrogen and oxygen atoms in total. The maximum atomic E-state index is 13.4. The Morgan fingerprint density at radius 1 is 1.17 bits per heavy atom. The summed E-state index contributed by atoms with van der Waals surface area (Å²) in [5.41, 5.74) is 3.76. The number of hydrogen-bond acceptors (Lipinski definition) is 5. The number of aliphatic imine (C=N–C) groups is 1. The number of nitrogens with zero attached hydrogens (tertiary/aromatic N) is 4. The van der Waals surface area contributed by atoms with Crippen molar-refractivity contribution < 1.29 is 22.7 Å². The molecule has 1 aromatic carbocycles. The second-order valence-electron chi connectivity index (χ2n) is 8.67. The Kier molecular flexibility index (Phi) is 7.53. The van der Waals surface area contributed by atoms with Gasteiger partial charge >= 0.3 is 6.18 Å². The van der Waals surface area contributed by atoms with Crippen LogP contribution in [0.25, 0.3) is 11.2 Å². The molecular formula is C26H28F3N5O2. The highest BCUT2D eigenvalue weighted by molar-refractivity contribution is 6.27. The summed E-state index contributed by atoms with van der Waals surface area (Å²) in [4.78, 5) is 25.1. The highest BCUT2D eigenvalue weighted by Gasteiger charge is 2.40. The van der Waals surface area contributed by atoms with E-state index < -0.39 is 11.9 Å². The Morgan fingerprint density at radius 2 is 1.92 bits per heavy atom. The van der Waals surface area contributed by atoms with Crippen molar-refractivity contribution in [3.63, 3.8) is 0 Å². The highest BCUT2D eigenvalue weighted by atomic mass is 19.4. The van der Waals surface area contributed by atoms with Gasteiger partial charge in [0, 0.05) is 43.1 Å². The maximum Gasteiger partial charge on any atom is 0.433 e. The molecule has 0 aliphatic carbocycles. The Bertz CT molecular complexity index is 1320. The van der Waals surface area contributed by atoms with Crippen LogP contribution in [0.1, 0.15) is 51.8 Å². The van der Waals surface area contributed by atoms with Crippen LogP contribution in [0.2, 0.25) is 0 Å². The molecule has 0 fully saturated rings. The topological polar surface area (TPSA) is 80.9 Å². The number of alkyl halides is 3. The second-order valence-corrected chi connectivity index (χ2v) is 8.67. The summed E-state index contributed by atoms with van der Waals surface area (Å²) in [5, 5.41) is 2.89. The summed E-state index contributed by atoms with van der Waals surface area (Å²) in [5.74, 6) is -0.151. The van der Waals surface area contributed by atoms with E-state index in [0.717, 1.165) is 23.1 Å². The van der Waals surface area contributed by atoms with E-state index in [0.29, 0.717) is 48.8 Å². The lowest BCUT2D eigenvalue weighted by atomic mass is 9.96. The number of aryl methyl sites for hydroxylation is 2. The van der Waals surface area contributed by atoms with Crippen molar-refractivity contribution in [1.82, 2.24) is 19.7 Å². The first-order valence-corrected chi connectivity index (χ1v) is 11.8. The zero-order valence-corrected chi connectivity index (χ0v) is 20.4. The molecule has 0 radical (unpaired) electrons. The molecule has 1 aliphatic rings. The molecule has 3 aromatic rings. The van der Waals surface area contributed by atoms with Gasteiger partial charge in [0.1, 0.15) is 5.71 Å². The van der Waals surface area contributed by atoms with Crippen LogP contribution in [0, 0.1) is 13.8 Å². The molecule has 3 heterocycles. The quantitative estimate of drug-likeness (QED) is 0.440.